The molecule has 0 bridgehead atoms. The quantitative estimate of drug-likeness (QED) is 0.275. The van der Waals surface area contributed by atoms with Gasteiger partial charge in [-0.05, 0) is 35.4 Å². The molecule has 5 rings (SSSR count). The standard InChI is InChI=1S/C26H32O12/c1-33-17-7-12(3-5-15(17)28)23-14-10-35-24(26(14,32)11-36-23)13-4-6-16(18(8-13)34-2)37-25-22(31)21(30)20(29)19(9-27)38-25/h3-8,14,19-25,27-32H,9-11H2,1-2H3. The minimum Gasteiger partial charge on any atom is -0.504 e. The Kier molecular flexibility index (Phi) is 7.42. The molecule has 9 unspecified atom stereocenters. The maximum absolute atomic E-state index is 11.7. The van der Waals surface area contributed by atoms with E-state index in [0.717, 1.165) is 5.56 Å². The molecular weight excluding hydrogens is 504 g/mol. The van der Waals surface area contributed by atoms with Gasteiger partial charge in [0.2, 0.25) is 6.29 Å². The first-order valence-corrected chi connectivity index (χ1v) is 12.2. The molecule has 0 saturated carbocycles. The van der Waals surface area contributed by atoms with E-state index in [1.54, 1.807) is 30.3 Å². The molecule has 3 heterocycles. The fraction of sp³-hybridized carbons (Fsp3) is 0.538. The van der Waals surface area contributed by atoms with E-state index in [1.165, 1.54) is 20.3 Å². The first-order valence-electron chi connectivity index (χ1n) is 12.2. The zero-order valence-corrected chi connectivity index (χ0v) is 20.8. The van der Waals surface area contributed by atoms with Crippen LogP contribution in [-0.4, -0.2) is 101 Å². The van der Waals surface area contributed by atoms with Crippen molar-refractivity contribution in [1.29, 1.82) is 0 Å². The Morgan fingerprint density at radius 3 is 2.32 bits per heavy atom. The van der Waals surface area contributed by atoms with Gasteiger partial charge >= 0.3 is 0 Å². The SMILES string of the molecule is COc1cc(C2OCC3(O)C(c4ccc(OC5OC(CO)C(O)C(O)C5O)c(OC)c4)OCC23)ccc1O. The average Bonchev–Trinajstić information content (AvgIpc) is 3.43. The Bertz CT molecular complexity index is 1140. The van der Waals surface area contributed by atoms with Crippen molar-refractivity contribution in [3.63, 3.8) is 0 Å². The second-order valence-electron chi connectivity index (χ2n) is 9.70. The van der Waals surface area contributed by atoms with Gasteiger partial charge in [0, 0.05) is 5.92 Å². The van der Waals surface area contributed by atoms with E-state index in [4.69, 9.17) is 28.4 Å². The molecule has 0 aromatic heterocycles. The van der Waals surface area contributed by atoms with Gasteiger partial charge in [-0.1, -0.05) is 12.1 Å². The van der Waals surface area contributed by atoms with Gasteiger partial charge in [0.1, 0.15) is 36.1 Å². The summed E-state index contributed by atoms with van der Waals surface area (Å²) in [6, 6.07) is 9.75. The Labute approximate surface area is 218 Å². The molecule has 38 heavy (non-hydrogen) atoms. The van der Waals surface area contributed by atoms with Crippen molar-refractivity contribution in [2.24, 2.45) is 5.92 Å². The Morgan fingerprint density at radius 1 is 0.895 bits per heavy atom. The maximum atomic E-state index is 11.7. The van der Waals surface area contributed by atoms with Crippen LogP contribution >= 0.6 is 0 Å². The highest BCUT2D eigenvalue weighted by atomic mass is 16.7. The number of aliphatic hydroxyl groups is 5. The van der Waals surface area contributed by atoms with Gasteiger partial charge in [0.25, 0.3) is 0 Å². The van der Waals surface area contributed by atoms with Gasteiger partial charge in [-0.25, -0.2) is 0 Å². The third-order valence-electron chi connectivity index (χ3n) is 7.51. The van der Waals surface area contributed by atoms with Crippen LogP contribution < -0.4 is 14.2 Å². The molecule has 3 aliphatic heterocycles. The van der Waals surface area contributed by atoms with E-state index < -0.39 is 61.0 Å². The average molecular weight is 537 g/mol. The molecule has 0 spiro atoms. The highest BCUT2D eigenvalue weighted by Gasteiger charge is 2.59. The van der Waals surface area contributed by atoms with Gasteiger partial charge < -0.3 is 59.1 Å². The van der Waals surface area contributed by atoms with Crippen molar-refractivity contribution >= 4 is 0 Å². The molecule has 0 aliphatic carbocycles. The lowest BCUT2D eigenvalue weighted by atomic mass is 9.81. The van der Waals surface area contributed by atoms with Crippen molar-refractivity contribution in [3.05, 3.63) is 47.5 Å². The molecule has 3 aliphatic rings. The number of benzene rings is 2. The van der Waals surface area contributed by atoms with Crippen LogP contribution in [0.1, 0.15) is 23.3 Å². The zero-order chi connectivity index (χ0) is 27.2. The van der Waals surface area contributed by atoms with Crippen LogP contribution in [0.25, 0.3) is 0 Å². The van der Waals surface area contributed by atoms with Gasteiger partial charge in [0.15, 0.2) is 23.0 Å². The van der Waals surface area contributed by atoms with Gasteiger partial charge in [-0.15, -0.1) is 0 Å². The van der Waals surface area contributed by atoms with Crippen molar-refractivity contribution in [3.8, 4) is 23.0 Å². The zero-order valence-electron chi connectivity index (χ0n) is 20.8. The molecule has 6 N–H and O–H groups in total. The molecule has 2 aromatic rings. The maximum Gasteiger partial charge on any atom is 0.229 e. The van der Waals surface area contributed by atoms with E-state index in [2.05, 4.69) is 0 Å². The number of hydrogen-bond donors (Lipinski definition) is 6. The summed E-state index contributed by atoms with van der Waals surface area (Å²) in [5, 5.41) is 61.3. The number of fused-ring (bicyclic) bond motifs is 1. The molecule has 12 nitrogen and oxygen atoms in total. The lowest BCUT2D eigenvalue weighted by molar-refractivity contribution is -0.277. The van der Waals surface area contributed by atoms with Crippen LogP contribution in [0.2, 0.25) is 0 Å². The lowest BCUT2D eigenvalue weighted by Crippen LogP contribution is -2.60. The summed E-state index contributed by atoms with van der Waals surface area (Å²) in [4.78, 5) is 0. The highest BCUT2D eigenvalue weighted by molar-refractivity contribution is 5.46. The minimum absolute atomic E-state index is 0.00294. The van der Waals surface area contributed by atoms with Crippen LogP contribution in [0.4, 0.5) is 0 Å². The van der Waals surface area contributed by atoms with E-state index in [1.807, 2.05) is 0 Å². The van der Waals surface area contributed by atoms with E-state index in [-0.39, 0.29) is 30.5 Å². The number of aromatic hydroxyl groups is 1. The Balaban J connectivity index is 1.36. The van der Waals surface area contributed by atoms with Gasteiger partial charge in [-0.3, -0.25) is 0 Å². The fourth-order valence-electron chi connectivity index (χ4n) is 5.37. The molecule has 2 aromatic carbocycles. The van der Waals surface area contributed by atoms with Crippen LogP contribution in [0.3, 0.4) is 0 Å². The summed E-state index contributed by atoms with van der Waals surface area (Å²) in [6.45, 7) is -0.346. The second-order valence-corrected chi connectivity index (χ2v) is 9.70. The first-order chi connectivity index (χ1) is 18.2. The second kappa shape index (κ2) is 10.5. The minimum atomic E-state index is -1.59. The third kappa shape index (κ3) is 4.46. The first kappa shape index (κ1) is 26.9. The summed E-state index contributed by atoms with van der Waals surface area (Å²) in [5.41, 5.74) is -0.00769. The molecule has 9 atom stereocenters. The van der Waals surface area contributed by atoms with E-state index >= 15 is 0 Å². The third-order valence-corrected chi connectivity index (χ3v) is 7.51. The van der Waals surface area contributed by atoms with Crippen LogP contribution in [-0.2, 0) is 14.2 Å². The Morgan fingerprint density at radius 2 is 1.61 bits per heavy atom. The van der Waals surface area contributed by atoms with Crippen molar-refractivity contribution in [1.82, 2.24) is 0 Å². The monoisotopic (exact) mass is 536 g/mol. The molecule has 3 saturated heterocycles. The number of phenolic OH excluding ortho intramolecular Hbond substituents is 1. The molecule has 0 radical (unpaired) electrons. The summed E-state index contributed by atoms with van der Waals surface area (Å²) in [6.07, 6.45) is -8.39. The van der Waals surface area contributed by atoms with Crippen molar-refractivity contribution in [2.75, 3.05) is 34.0 Å². The Hall–Kier alpha value is -2.68. The van der Waals surface area contributed by atoms with Crippen LogP contribution in [0.5, 0.6) is 23.0 Å². The number of ether oxygens (including phenoxy) is 6. The van der Waals surface area contributed by atoms with Crippen molar-refractivity contribution in [2.45, 2.75) is 48.5 Å². The van der Waals surface area contributed by atoms with Crippen LogP contribution in [0.15, 0.2) is 36.4 Å². The number of aliphatic hydroxyl groups excluding tert-OH is 4. The van der Waals surface area contributed by atoms with E-state index in [9.17, 15) is 30.6 Å². The summed E-state index contributed by atoms with van der Waals surface area (Å²) < 4.78 is 33.9. The van der Waals surface area contributed by atoms with Crippen LogP contribution in [0, 0.1) is 5.92 Å². The number of methoxy groups -OCH3 is 2. The summed E-state index contributed by atoms with van der Waals surface area (Å²) in [5.74, 6) is 0.324. The predicted molar refractivity (Wildman–Crippen MR) is 128 cm³/mol. The highest BCUT2D eigenvalue weighted by Crippen LogP contribution is 2.54. The van der Waals surface area contributed by atoms with Gasteiger partial charge in [0.05, 0.1) is 40.1 Å². The number of phenols is 1. The summed E-state index contributed by atoms with van der Waals surface area (Å²) >= 11 is 0. The largest absolute Gasteiger partial charge is 0.504 e. The van der Waals surface area contributed by atoms with Gasteiger partial charge in [-0.2, -0.15) is 0 Å². The molecule has 208 valence electrons. The lowest BCUT2D eigenvalue weighted by Gasteiger charge is -2.39. The topological polar surface area (TPSA) is 177 Å². The molecular formula is C26H32O12. The number of hydrogen-bond acceptors (Lipinski definition) is 12. The molecule has 12 heteroatoms. The normalized spacial score (nSPS) is 36.6. The summed E-state index contributed by atoms with van der Waals surface area (Å²) in [7, 11) is 2.87. The van der Waals surface area contributed by atoms with E-state index in [0.29, 0.717) is 11.3 Å². The molecule has 0 amide bonds. The number of rotatable bonds is 7. The van der Waals surface area contributed by atoms with Crippen molar-refractivity contribution < 1.29 is 59.1 Å². The molecule has 3 fully saturated rings. The fourth-order valence-corrected chi connectivity index (χ4v) is 5.37. The predicted octanol–water partition coefficient (Wildman–Crippen LogP) is -0.222. The smallest absolute Gasteiger partial charge is 0.229 e.